The van der Waals surface area contributed by atoms with Crippen LogP contribution in [0, 0.1) is 0 Å². The van der Waals surface area contributed by atoms with Crippen LogP contribution in [0.1, 0.15) is 38.8 Å². The average Bonchev–Trinajstić information content (AvgIpc) is 3.40. The van der Waals surface area contributed by atoms with Gasteiger partial charge in [-0.15, -0.1) is 35.3 Å². The van der Waals surface area contributed by atoms with Gasteiger partial charge in [0.1, 0.15) is 0 Å². The number of nitrogens with one attached hydrogen (secondary N) is 1. The minimum atomic E-state index is 0. The summed E-state index contributed by atoms with van der Waals surface area (Å²) < 4.78 is 0. The van der Waals surface area contributed by atoms with Crippen LogP contribution in [0.15, 0.2) is 10.4 Å². The number of aromatic nitrogens is 1. The second-order valence-corrected chi connectivity index (χ2v) is 7.99. The van der Waals surface area contributed by atoms with Gasteiger partial charge in [-0.25, -0.2) is 4.98 Å². The van der Waals surface area contributed by atoms with E-state index >= 15 is 0 Å². The lowest BCUT2D eigenvalue weighted by atomic mass is 10.2. The first-order valence-electron chi connectivity index (χ1n) is 10.1. The van der Waals surface area contributed by atoms with Crippen LogP contribution in [0.2, 0.25) is 0 Å². The fraction of sp³-hybridized carbons (Fsp3) is 0.789. The van der Waals surface area contributed by atoms with Crippen molar-refractivity contribution in [2.75, 3.05) is 57.8 Å². The van der Waals surface area contributed by atoms with Crippen molar-refractivity contribution in [1.82, 2.24) is 20.1 Å². The molecule has 154 valence electrons. The van der Waals surface area contributed by atoms with Crippen LogP contribution >= 0.6 is 35.3 Å². The molecule has 6 nitrogen and oxygen atoms in total. The van der Waals surface area contributed by atoms with E-state index in [0.29, 0.717) is 6.04 Å². The highest BCUT2D eigenvalue weighted by Gasteiger charge is 2.27. The minimum Gasteiger partial charge on any atom is -0.356 e. The summed E-state index contributed by atoms with van der Waals surface area (Å²) in [6.45, 7) is 12.2. The molecule has 2 aliphatic rings. The Balaban J connectivity index is 0.00000261. The van der Waals surface area contributed by atoms with Gasteiger partial charge in [0.2, 0.25) is 0 Å². The number of hydrogen-bond donors (Lipinski definition) is 1. The molecule has 1 aromatic rings. The van der Waals surface area contributed by atoms with Crippen molar-refractivity contribution >= 4 is 46.4 Å². The van der Waals surface area contributed by atoms with E-state index in [1.165, 1.54) is 43.2 Å². The van der Waals surface area contributed by atoms with Crippen LogP contribution < -0.4 is 10.2 Å². The SMILES string of the molecule is CCN(CC)C1CCN(C(=NC)NCCc2csc(N3CCCC3)n2)C1.I. The van der Waals surface area contributed by atoms with Gasteiger partial charge in [-0.3, -0.25) is 9.89 Å². The number of thiazole rings is 1. The Bertz CT molecular complexity index is 583. The molecule has 2 saturated heterocycles. The first-order chi connectivity index (χ1) is 12.7. The quantitative estimate of drug-likeness (QED) is 0.350. The monoisotopic (exact) mass is 506 g/mol. The minimum absolute atomic E-state index is 0. The van der Waals surface area contributed by atoms with Gasteiger partial charge in [0, 0.05) is 57.6 Å². The van der Waals surface area contributed by atoms with Gasteiger partial charge in [-0.2, -0.15) is 0 Å². The zero-order valence-electron chi connectivity index (χ0n) is 17.0. The molecule has 0 spiro atoms. The Hall–Kier alpha value is -0.610. The highest BCUT2D eigenvalue weighted by atomic mass is 127. The first kappa shape index (κ1) is 22.7. The van der Waals surface area contributed by atoms with Crippen molar-refractivity contribution < 1.29 is 0 Å². The summed E-state index contributed by atoms with van der Waals surface area (Å²) in [6, 6.07) is 0.658. The molecule has 1 unspecified atom stereocenters. The summed E-state index contributed by atoms with van der Waals surface area (Å²) in [5.74, 6) is 1.04. The third-order valence-electron chi connectivity index (χ3n) is 5.58. The Kier molecular flexibility index (Phi) is 9.58. The van der Waals surface area contributed by atoms with Gasteiger partial charge in [0.05, 0.1) is 5.69 Å². The third-order valence-corrected chi connectivity index (χ3v) is 6.53. The molecule has 2 aliphatic heterocycles. The molecule has 0 bridgehead atoms. The van der Waals surface area contributed by atoms with Crippen LogP contribution in [-0.4, -0.2) is 79.6 Å². The molecule has 0 saturated carbocycles. The van der Waals surface area contributed by atoms with E-state index in [9.17, 15) is 0 Å². The highest BCUT2D eigenvalue weighted by Crippen LogP contribution is 2.24. The third kappa shape index (κ3) is 5.93. The standard InChI is InChI=1S/C19H34N6S.HI/c1-4-23(5-2)17-9-13-25(14-17)18(20-3)21-10-8-16-15-26-19(22-16)24-11-6-7-12-24;/h15,17H,4-14H2,1-3H3,(H,20,21);1H. The lowest BCUT2D eigenvalue weighted by molar-refractivity contribution is 0.223. The number of likely N-dealkylation sites (tertiary alicyclic amines) is 1. The lowest BCUT2D eigenvalue weighted by Crippen LogP contribution is -2.43. The van der Waals surface area contributed by atoms with Gasteiger partial charge in [-0.1, -0.05) is 13.8 Å². The van der Waals surface area contributed by atoms with Crippen molar-refractivity contribution in [2.45, 2.75) is 45.6 Å². The van der Waals surface area contributed by atoms with Gasteiger partial charge in [0.25, 0.3) is 0 Å². The van der Waals surface area contributed by atoms with Crippen molar-refractivity contribution in [3.05, 3.63) is 11.1 Å². The van der Waals surface area contributed by atoms with Gasteiger partial charge in [-0.05, 0) is 32.4 Å². The average molecular weight is 507 g/mol. The summed E-state index contributed by atoms with van der Waals surface area (Å²) in [5, 5.41) is 6.95. The number of halogens is 1. The second kappa shape index (κ2) is 11.4. The molecule has 3 heterocycles. The molecule has 1 atom stereocenters. The maximum absolute atomic E-state index is 4.81. The summed E-state index contributed by atoms with van der Waals surface area (Å²) in [5.41, 5.74) is 1.20. The summed E-state index contributed by atoms with van der Waals surface area (Å²) in [4.78, 5) is 16.7. The molecule has 0 radical (unpaired) electrons. The smallest absolute Gasteiger partial charge is 0.193 e. The van der Waals surface area contributed by atoms with Crippen molar-refractivity contribution in [1.29, 1.82) is 0 Å². The molecule has 0 amide bonds. The number of nitrogens with zero attached hydrogens (tertiary/aromatic N) is 5. The molecule has 1 aromatic heterocycles. The second-order valence-electron chi connectivity index (χ2n) is 7.15. The molecule has 2 fully saturated rings. The fourth-order valence-electron chi connectivity index (χ4n) is 4.07. The normalized spacial score (nSPS) is 20.4. The van der Waals surface area contributed by atoms with E-state index in [1.807, 2.05) is 7.05 Å². The van der Waals surface area contributed by atoms with Crippen LogP contribution in [0.3, 0.4) is 0 Å². The molecular weight excluding hydrogens is 471 g/mol. The predicted octanol–water partition coefficient (Wildman–Crippen LogP) is 2.90. The topological polar surface area (TPSA) is 47.0 Å². The van der Waals surface area contributed by atoms with E-state index in [4.69, 9.17) is 4.98 Å². The maximum atomic E-state index is 4.81. The Morgan fingerprint density at radius 2 is 2.04 bits per heavy atom. The van der Waals surface area contributed by atoms with Crippen LogP contribution in [0.4, 0.5) is 5.13 Å². The van der Waals surface area contributed by atoms with Gasteiger partial charge in [0.15, 0.2) is 11.1 Å². The number of anilines is 1. The molecule has 3 rings (SSSR count). The summed E-state index contributed by atoms with van der Waals surface area (Å²) in [7, 11) is 1.89. The van der Waals surface area contributed by atoms with Gasteiger partial charge < -0.3 is 15.1 Å². The van der Waals surface area contributed by atoms with Crippen LogP contribution in [-0.2, 0) is 6.42 Å². The Labute approximate surface area is 185 Å². The Morgan fingerprint density at radius 3 is 2.70 bits per heavy atom. The van der Waals surface area contributed by atoms with Gasteiger partial charge >= 0.3 is 0 Å². The molecule has 1 N–H and O–H groups in total. The van der Waals surface area contributed by atoms with E-state index < -0.39 is 0 Å². The van der Waals surface area contributed by atoms with Crippen LogP contribution in [0.25, 0.3) is 0 Å². The zero-order chi connectivity index (χ0) is 18.4. The summed E-state index contributed by atoms with van der Waals surface area (Å²) >= 11 is 1.79. The molecule has 0 aromatic carbocycles. The first-order valence-corrected chi connectivity index (χ1v) is 11.0. The molecule has 27 heavy (non-hydrogen) atoms. The van der Waals surface area contributed by atoms with Crippen LogP contribution in [0.5, 0.6) is 0 Å². The van der Waals surface area contributed by atoms with E-state index in [0.717, 1.165) is 45.1 Å². The van der Waals surface area contributed by atoms with Crippen molar-refractivity contribution in [3.8, 4) is 0 Å². The largest absolute Gasteiger partial charge is 0.356 e. The maximum Gasteiger partial charge on any atom is 0.193 e. The predicted molar refractivity (Wildman–Crippen MR) is 127 cm³/mol. The summed E-state index contributed by atoms with van der Waals surface area (Å²) in [6.07, 6.45) is 4.79. The molecule has 8 heteroatoms. The van der Waals surface area contributed by atoms with E-state index in [-0.39, 0.29) is 24.0 Å². The highest BCUT2D eigenvalue weighted by molar-refractivity contribution is 14.0. The number of aliphatic imine (C=N–C) groups is 1. The molecule has 0 aliphatic carbocycles. The fourth-order valence-corrected chi connectivity index (χ4v) is 4.99. The Morgan fingerprint density at radius 1 is 1.30 bits per heavy atom. The van der Waals surface area contributed by atoms with E-state index in [1.54, 1.807) is 11.3 Å². The van der Waals surface area contributed by atoms with Crippen molar-refractivity contribution in [2.24, 2.45) is 4.99 Å². The number of rotatable bonds is 7. The number of guanidine groups is 1. The zero-order valence-corrected chi connectivity index (χ0v) is 20.1. The number of likely N-dealkylation sites (N-methyl/N-ethyl adjacent to an activating group) is 1. The molecular formula is C19H35IN6S. The van der Waals surface area contributed by atoms with E-state index in [2.05, 4.69) is 44.2 Å². The van der Waals surface area contributed by atoms with Crippen molar-refractivity contribution in [3.63, 3.8) is 0 Å². The lowest BCUT2D eigenvalue weighted by Gasteiger charge is -2.27. The number of hydrogen-bond acceptors (Lipinski definition) is 5.